The van der Waals surface area contributed by atoms with Gasteiger partial charge in [0.1, 0.15) is 4.90 Å². The van der Waals surface area contributed by atoms with Crippen molar-refractivity contribution >= 4 is 22.2 Å². The SMILES string of the molecule is COc1cc(C=NNC(C)=O)ccc1OS(=O)(=O)c1cc(C)ccc1C. The van der Waals surface area contributed by atoms with Crippen LogP contribution in [0.5, 0.6) is 11.5 Å². The van der Waals surface area contributed by atoms with E-state index in [1.807, 2.05) is 13.0 Å². The third-order valence-corrected chi connectivity index (χ3v) is 4.81. The van der Waals surface area contributed by atoms with Gasteiger partial charge in [-0.05, 0) is 54.8 Å². The molecule has 1 amide bonds. The summed E-state index contributed by atoms with van der Waals surface area (Å²) in [4.78, 5) is 10.9. The van der Waals surface area contributed by atoms with Gasteiger partial charge in [-0.3, -0.25) is 4.79 Å². The maximum Gasteiger partial charge on any atom is 0.339 e. The minimum atomic E-state index is -4.01. The molecule has 0 bridgehead atoms. The van der Waals surface area contributed by atoms with E-state index in [1.54, 1.807) is 31.2 Å². The predicted molar refractivity (Wildman–Crippen MR) is 98.1 cm³/mol. The Morgan fingerprint density at radius 1 is 1.12 bits per heavy atom. The maximum atomic E-state index is 12.6. The smallest absolute Gasteiger partial charge is 0.339 e. The number of hydrogen-bond acceptors (Lipinski definition) is 6. The fourth-order valence-corrected chi connectivity index (χ4v) is 3.43. The molecule has 0 saturated heterocycles. The summed E-state index contributed by atoms with van der Waals surface area (Å²) in [6, 6.07) is 9.74. The monoisotopic (exact) mass is 376 g/mol. The van der Waals surface area contributed by atoms with Crippen LogP contribution in [-0.2, 0) is 14.9 Å². The number of amides is 1. The van der Waals surface area contributed by atoms with Crippen LogP contribution in [0.1, 0.15) is 23.6 Å². The van der Waals surface area contributed by atoms with Crippen molar-refractivity contribution in [2.75, 3.05) is 7.11 Å². The molecule has 0 aliphatic rings. The Morgan fingerprint density at radius 3 is 2.50 bits per heavy atom. The highest BCUT2D eigenvalue weighted by molar-refractivity contribution is 7.87. The molecule has 0 atom stereocenters. The average Bonchev–Trinajstić information content (AvgIpc) is 2.57. The van der Waals surface area contributed by atoms with Crippen LogP contribution in [0.15, 0.2) is 46.4 Å². The summed E-state index contributed by atoms with van der Waals surface area (Å²) < 4.78 is 35.7. The van der Waals surface area contributed by atoms with E-state index in [1.165, 1.54) is 26.3 Å². The molecule has 0 heterocycles. The van der Waals surface area contributed by atoms with Crippen LogP contribution in [0.25, 0.3) is 0 Å². The lowest BCUT2D eigenvalue weighted by Gasteiger charge is -2.13. The quantitative estimate of drug-likeness (QED) is 0.475. The number of ether oxygens (including phenoxy) is 1. The van der Waals surface area contributed by atoms with Crippen LogP contribution in [0.4, 0.5) is 0 Å². The first-order valence-corrected chi connectivity index (χ1v) is 9.13. The van der Waals surface area contributed by atoms with Crippen LogP contribution in [0, 0.1) is 13.8 Å². The molecule has 0 fully saturated rings. The molecule has 8 heteroatoms. The fourth-order valence-electron chi connectivity index (χ4n) is 2.17. The molecule has 26 heavy (non-hydrogen) atoms. The van der Waals surface area contributed by atoms with Crippen molar-refractivity contribution < 1.29 is 22.1 Å². The molecule has 138 valence electrons. The minimum absolute atomic E-state index is 0.0603. The van der Waals surface area contributed by atoms with Gasteiger partial charge in [0.05, 0.1) is 13.3 Å². The summed E-state index contributed by atoms with van der Waals surface area (Å²) in [5.74, 6) is -0.0106. The van der Waals surface area contributed by atoms with E-state index >= 15 is 0 Å². The molecule has 0 spiro atoms. The lowest BCUT2D eigenvalue weighted by molar-refractivity contribution is -0.118. The maximum absolute atomic E-state index is 12.6. The zero-order chi connectivity index (χ0) is 19.3. The Bertz CT molecular complexity index is 952. The number of carbonyl (C=O) groups is 1. The second kappa shape index (κ2) is 8.01. The summed E-state index contributed by atoms with van der Waals surface area (Å²) >= 11 is 0. The molecule has 0 aliphatic heterocycles. The highest BCUT2D eigenvalue weighted by atomic mass is 32.2. The summed E-state index contributed by atoms with van der Waals surface area (Å²) in [7, 11) is -2.61. The van der Waals surface area contributed by atoms with E-state index in [0.717, 1.165) is 5.56 Å². The Kier molecular flexibility index (Phi) is 5.99. The normalized spacial score (nSPS) is 11.4. The Hall–Kier alpha value is -2.87. The molecule has 0 aliphatic carbocycles. The minimum Gasteiger partial charge on any atom is -0.493 e. The fraction of sp³-hybridized carbons (Fsp3) is 0.222. The molecule has 7 nitrogen and oxygen atoms in total. The highest BCUT2D eigenvalue weighted by Gasteiger charge is 2.21. The number of rotatable bonds is 6. The van der Waals surface area contributed by atoms with Gasteiger partial charge in [-0.25, -0.2) is 5.43 Å². The molecule has 1 N–H and O–H groups in total. The first kappa shape index (κ1) is 19.5. The van der Waals surface area contributed by atoms with Crippen molar-refractivity contribution in [1.82, 2.24) is 5.43 Å². The topological polar surface area (TPSA) is 94.1 Å². The zero-order valence-corrected chi connectivity index (χ0v) is 15.8. The van der Waals surface area contributed by atoms with Gasteiger partial charge in [-0.2, -0.15) is 13.5 Å². The largest absolute Gasteiger partial charge is 0.493 e. The number of hydrazone groups is 1. The van der Waals surface area contributed by atoms with Crippen molar-refractivity contribution in [2.24, 2.45) is 5.10 Å². The molecule has 0 aromatic heterocycles. The lowest BCUT2D eigenvalue weighted by atomic mass is 10.2. The van der Waals surface area contributed by atoms with Gasteiger partial charge in [0.25, 0.3) is 0 Å². The molecule has 0 saturated carbocycles. The first-order chi connectivity index (χ1) is 12.2. The summed E-state index contributed by atoms with van der Waals surface area (Å²) in [5.41, 5.74) is 4.29. The van der Waals surface area contributed by atoms with Gasteiger partial charge in [0.15, 0.2) is 11.5 Å². The predicted octanol–water partition coefficient (Wildman–Crippen LogP) is 2.55. The summed E-state index contributed by atoms with van der Waals surface area (Å²) in [6.45, 7) is 4.85. The number of nitrogens with one attached hydrogen (secondary N) is 1. The number of hydrogen-bond donors (Lipinski definition) is 1. The number of carbonyl (C=O) groups excluding carboxylic acids is 1. The van der Waals surface area contributed by atoms with E-state index in [2.05, 4.69) is 10.5 Å². The lowest BCUT2D eigenvalue weighted by Crippen LogP contribution is -2.13. The molecule has 2 aromatic rings. The van der Waals surface area contributed by atoms with Gasteiger partial charge in [-0.15, -0.1) is 0 Å². The second-order valence-electron chi connectivity index (χ2n) is 5.64. The standard InChI is InChI=1S/C18H20N2O5S/c1-12-5-6-13(2)18(9-12)26(22,23)25-16-8-7-15(10-17(16)24-4)11-19-20-14(3)21/h5-11H,1-4H3,(H,20,21). The van der Waals surface area contributed by atoms with Crippen LogP contribution in [0.2, 0.25) is 0 Å². The summed E-state index contributed by atoms with van der Waals surface area (Å²) in [5, 5.41) is 3.75. The molecule has 0 unspecified atom stereocenters. The van der Waals surface area contributed by atoms with E-state index in [-0.39, 0.29) is 22.3 Å². The van der Waals surface area contributed by atoms with E-state index < -0.39 is 10.1 Å². The molecule has 2 aromatic carbocycles. The third-order valence-electron chi connectivity index (χ3n) is 3.44. The van der Waals surface area contributed by atoms with E-state index in [4.69, 9.17) is 8.92 Å². The average molecular weight is 376 g/mol. The van der Waals surface area contributed by atoms with Crippen molar-refractivity contribution in [2.45, 2.75) is 25.7 Å². The van der Waals surface area contributed by atoms with Crippen LogP contribution in [0.3, 0.4) is 0 Å². The van der Waals surface area contributed by atoms with Crippen LogP contribution >= 0.6 is 0 Å². The van der Waals surface area contributed by atoms with Crippen LogP contribution in [-0.4, -0.2) is 27.6 Å². The molecule has 0 radical (unpaired) electrons. The Balaban J connectivity index is 2.32. The first-order valence-electron chi connectivity index (χ1n) is 7.72. The van der Waals surface area contributed by atoms with Crippen molar-refractivity contribution in [3.8, 4) is 11.5 Å². The Labute approximate surface area is 152 Å². The van der Waals surface area contributed by atoms with Crippen molar-refractivity contribution in [1.29, 1.82) is 0 Å². The van der Waals surface area contributed by atoms with Gasteiger partial charge < -0.3 is 8.92 Å². The van der Waals surface area contributed by atoms with E-state index in [0.29, 0.717) is 11.1 Å². The molecule has 2 rings (SSSR count). The number of benzene rings is 2. The van der Waals surface area contributed by atoms with Gasteiger partial charge >= 0.3 is 10.1 Å². The number of methoxy groups -OCH3 is 1. The third kappa shape index (κ3) is 4.82. The summed E-state index contributed by atoms with van der Waals surface area (Å²) in [6.07, 6.45) is 1.41. The van der Waals surface area contributed by atoms with Gasteiger partial charge in [0, 0.05) is 6.92 Å². The van der Waals surface area contributed by atoms with Crippen molar-refractivity contribution in [3.05, 3.63) is 53.1 Å². The van der Waals surface area contributed by atoms with Gasteiger partial charge in [-0.1, -0.05) is 12.1 Å². The zero-order valence-electron chi connectivity index (χ0n) is 14.9. The van der Waals surface area contributed by atoms with Crippen molar-refractivity contribution in [3.63, 3.8) is 0 Å². The highest BCUT2D eigenvalue weighted by Crippen LogP contribution is 2.31. The molecular weight excluding hydrogens is 356 g/mol. The second-order valence-corrected chi connectivity index (χ2v) is 7.16. The Morgan fingerprint density at radius 2 is 1.85 bits per heavy atom. The number of aryl methyl sites for hydroxylation is 2. The molecular formula is C18H20N2O5S. The van der Waals surface area contributed by atoms with Gasteiger partial charge in [0.2, 0.25) is 5.91 Å². The number of nitrogens with zero attached hydrogens (tertiary/aromatic N) is 1. The van der Waals surface area contributed by atoms with Crippen LogP contribution < -0.4 is 14.3 Å². The van der Waals surface area contributed by atoms with E-state index in [9.17, 15) is 13.2 Å².